The third-order valence-electron chi connectivity index (χ3n) is 2.83. The van der Waals surface area contributed by atoms with Crippen molar-refractivity contribution in [3.63, 3.8) is 0 Å². The van der Waals surface area contributed by atoms with E-state index in [-0.39, 0.29) is 11.5 Å². The van der Waals surface area contributed by atoms with Gasteiger partial charge in [0.1, 0.15) is 5.82 Å². The van der Waals surface area contributed by atoms with Gasteiger partial charge in [-0.15, -0.1) is 0 Å². The average molecular weight is 265 g/mol. The largest absolute Gasteiger partial charge is 0.465 e. The van der Waals surface area contributed by atoms with Gasteiger partial charge in [0.05, 0.1) is 0 Å². The van der Waals surface area contributed by atoms with Crippen LogP contribution in [0.25, 0.3) is 0 Å². The predicted octanol–water partition coefficient (Wildman–Crippen LogP) is 2.91. The smallest absolute Gasteiger partial charge is 0.407 e. The molecular formula is C14H23N3O2. The van der Waals surface area contributed by atoms with Crippen LogP contribution in [0.3, 0.4) is 0 Å². The average Bonchev–Trinajstić information content (AvgIpc) is 2.33. The van der Waals surface area contributed by atoms with E-state index >= 15 is 0 Å². The van der Waals surface area contributed by atoms with Crippen LogP contribution >= 0.6 is 0 Å². The van der Waals surface area contributed by atoms with Crippen LogP contribution in [-0.2, 0) is 0 Å². The van der Waals surface area contributed by atoms with Gasteiger partial charge in [-0.2, -0.15) is 0 Å². The molecular weight excluding hydrogens is 242 g/mol. The highest BCUT2D eigenvalue weighted by atomic mass is 16.4. The fourth-order valence-electron chi connectivity index (χ4n) is 1.76. The molecule has 5 nitrogen and oxygen atoms in total. The molecule has 2 N–H and O–H groups in total. The zero-order chi connectivity index (χ0) is 14.5. The molecule has 0 bridgehead atoms. The lowest BCUT2D eigenvalue weighted by Crippen LogP contribution is -2.47. The van der Waals surface area contributed by atoms with Crippen LogP contribution in [0.5, 0.6) is 0 Å². The van der Waals surface area contributed by atoms with Gasteiger partial charge < -0.3 is 15.3 Å². The number of amides is 1. The van der Waals surface area contributed by atoms with E-state index in [2.05, 4.69) is 10.3 Å². The first-order valence-electron chi connectivity index (χ1n) is 6.46. The molecule has 0 radical (unpaired) electrons. The van der Waals surface area contributed by atoms with Crippen molar-refractivity contribution in [3.05, 3.63) is 24.4 Å². The molecule has 1 heterocycles. The Balaban J connectivity index is 2.50. The Morgan fingerprint density at radius 1 is 1.47 bits per heavy atom. The minimum absolute atomic E-state index is 0.206. The Bertz CT molecular complexity index is 401. The number of anilines is 1. The van der Waals surface area contributed by atoms with Crippen molar-refractivity contribution in [1.29, 1.82) is 0 Å². The molecule has 1 unspecified atom stereocenters. The molecule has 5 heteroatoms. The molecule has 1 atom stereocenters. The minimum Gasteiger partial charge on any atom is -0.465 e. The third kappa shape index (κ3) is 5.16. The summed E-state index contributed by atoms with van der Waals surface area (Å²) in [5.41, 5.74) is -0.384. The van der Waals surface area contributed by atoms with Gasteiger partial charge in [-0.3, -0.25) is 0 Å². The summed E-state index contributed by atoms with van der Waals surface area (Å²) in [6.45, 7) is 8.92. The lowest BCUT2D eigenvalue weighted by atomic mass is 10.0. The molecule has 0 aliphatic heterocycles. The number of carboxylic acid groups (broad SMARTS) is 1. The van der Waals surface area contributed by atoms with Crippen LogP contribution in [-0.4, -0.2) is 39.7 Å². The second kappa shape index (κ2) is 6.41. The molecule has 106 valence electrons. The summed E-state index contributed by atoms with van der Waals surface area (Å²) in [7, 11) is 0. The molecule has 0 aliphatic rings. The monoisotopic (exact) mass is 265 g/mol. The van der Waals surface area contributed by atoms with Gasteiger partial charge in [-0.05, 0) is 38.8 Å². The van der Waals surface area contributed by atoms with Gasteiger partial charge in [-0.25, -0.2) is 9.78 Å². The summed E-state index contributed by atoms with van der Waals surface area (Å²) >= 11 is 0. The van der Waals surface area contributed by atoms with Crippen molar-refractivity contribution >= 4 is 11.9 Å². The summed E-state index contributed by atoms with van der Waals surface area (Å²) in [4.78, 5) is 16.9. The fraction of sp³-hybridized carbons (Fsp3) is 0.571. The van der Waals surface area contributed by atoms with E-state index in [4.69, 9.17) is 0 Å². The first kappa shape index (κ1) is 15.3. The molecule has 0 aromatic carbocycles. The van der Waals surface area contributed by atoms with Crippen molar-refractivity contribution in [2.24, 2.45) is 5.92 Å². The van der Waals surface area contributed by atoms with Crippen molar-refractivity contribution in [2.45, 2.75) is 33.2 Å². The summed E-state index contributed by atoms with van der Waals surface area (Å²) in [6, 6.07) is 5.67. The lowest BCUT2D eigenvalue weighted by Gasteiger charge is -2.35. The summed E-state index contributed by atoms with van der Waals surface area (Å²) < 4.78 is 0. The highest BCUT2D eigenvalue weighted by molar-refractivity contribution is 5.66. The normalized spacial score (nSPS) is 12.8. The maximum Gasteiger partial charge on any atom is 0.407 e. The number of nitrogens with zero attached hydrogens (tertiary/aromatic N) is 2. The molecule has 0 saturated carbocycles. The molecule has 0 aliphatic carbocycles. The first-order valence-corrected chi connectivity index (χ1v) is 6.46. The van der Waals surface area contributed by atoms with Gasteiger partial charge >= 0.3 is 6.09 Å². The minimum atomic E-state index is -0.878. The number of pyridine rings is 1. The number of aromatic nitrogens is 1. The maximum atomic E-state index is 11.2. The molecule has 1 rings (SSSR count). The van der Waals surface area contributed by atoms with Crippen LogP contribution in [0.4, 0.5) is 10.6 Å². The standard InChI is InChI=1S/C14H23N3O2/c1-11(9-16-12-7-5-6-8-15-12)10-17(13(18)19)14(2,3)4/h5-8,11H,9-10H2,1-4H3,(H,15,16)(H,18,19). The fourth-order valence-corrected chi connectivity index (χ4v) is 1.76. The van der Waals surface area contributed by atoms with Crippen molar-refractivity contribution < 1.29 is 9.90 Å². The van der Waals surface area contributed by atoms with Gasteiger partial charge in [-0.1, -0.05) is 13.0 Å². The summed E-state index contributed by atoms with van der Waals surface area (Å²) in [5, 5.41) is 12.4. The molecule has 0 saturated heterocycles. The van der Waals surface area contributed by atoms with Crippen LogP contribution < -0.4 is 5.32 Å². The molecule has 1 aromatic heterocycles. The Labute approximate surface area is 114 Å². The van der Waals surface area contributed by atoms with E-state index in [0.717, 1.165) is 5.82 Å². The number of nitrogens with one attached hydrogen (secondary N) is 1. The van der Waals surface area contributed by atoms with Crippen molar-refractivity contribution in [1.82, 2.24) is 9.88 Å². The molecule has 0 fully saturated rings. The quantitative estimate of drug-likeness (QED) is 0.859. The number of hydrogen-bond acceptors (Lipinski definition) is 3. The Hall–Kier alpha value is -1.78. The first-order chi connectivity index (χ1) is 8.80. The van der Waals surface area contributed by atoms with E-state index in [0.29, 0.717) is 13.1 Å². The van der Waals surface area contributed by atoms with Crippen LogP contribution in [0.1, 0.15) is 27.7 Å². The SMILES string of the molecule is CC(CNc1ccccn1)CN(C(=O)O)C(C)(C)C. The number of rotatable bonds is 5. The molecule has 19 heavy (non-hydrogen) atoms. The number of hydrogen-bond donors (Lipinski definition) is 2. The van der Waals surface area contributed by atoms with Crippen molar-refractivity contribution in [2.75, 3.05) is 18.4 Å². The zero-order valence-corrected chi connectivity index (χ0v) is 12.1. The van der Waals surface area contributed by atoms with Gasteiger partial charge in [0.25, 0.3) is 0 Å². The second-order valence-electron chi connectivity index (χ2n) is 5.77. The topological polar surface area (TPSA) is 65.5 Å². The van der Waals surface area contributed by atoms with E-state index < -0.39 is 6.09 Å². The van der Waals surface area contributed by atoms with E-state index in [1.165, 1.54) is 4.90 Å². The lowest BCUT2D eigenvalue weighted by molar-refractivity contribution is 0.0917. The second-order valence-corrected chi connectivity index (χ2v) is 5.77. The predicted molar refractivity (Wildman–Crippen MR) is 76.4 cm³/mol. The van der Waals surface area contributed by atoms with Crippen molar-refractivity contribution in [3.8, 4) is 0 Å². The number of carbonyl (C=O) groups is 1. The van der Waals surface area contributed by atoms with E-state index in [1.807, 2.05) is 45.9 Å². The van der Waals surface area contributed by atoms with Crippen LogP contribution in [0.15, 0.2) is 24.4 Å². The van der Waals surface area contributed by atoms with Crippen LogP contribution in [0, 0.1) is 5.92 Å². The summed E-state index contributed by atoms with van der Waals surface area (Å²) in [5.74, 6) is 1.02. The van der Waals surface area contributed by atoms with Gasteiger partial charge in [0, 0.05) is 24.8 Å². The van der Waals surface area contributed by atoms with Gasteiger partial charge in [0.2, 0.25) is 0 Å². The third-order valence-corrected chi connectivity index (χ3v) is 2.83. The highest BCUT2D eigenvalue weighted by Crippen LogP contribution is 2.16. The molecule has 1 aromatic rings. The van der Waals surface area contributed by atoms with E-state index in [9.17, 15) is 9.90 Å². The zero-order valence-electron chi connectivity index (χ0n) is 12.1. The van der Waals surface area contributed by atoms with E-state index in [1.54, 1.807) is 6.20 Å². The van der Waals surface area contributed by atoms with Gasteiger partial charge in [0.15, 0.2) is 0 Å². The highest BCUT2D eigenvalue weighted by Gasteiger charge is 2.27. The Morgan fingerprint density at radius 2 is 2.16 bits per heavy atom. The maximum absolute atomic E-state index is 11.2. The Kier molecular flexibility index (Phi) is 5.15. The molecule has 1 amide bonds. The Morgan fingerprint density at radius 3 is 2.63 bits per heavy atom. The summed E-state index contributed by atoms with van der Waals surface area (Å²) in [6.07, 6.45) is 0.850. The van der Waals surface area contributed by atoms with Crippen LogP contribution in [0.2, 0.25) is 0 Å². The molecule has 0 spiro atoms.